The number of carbonyl (C=O) groups excluding carboxylic acids is 1. The van der Waals surface area contributed by atoms with E-state index in [0.29, 0.717) is 12.2 Å². The van der Waals surface area contributed by atoms with Crippen molar-refractivity contribution in [3.63, 3.8) is 0 Å². The van der Waals surface area contributed by atoms with E-state index in [1.165, 1.54) is 4.90 Å². The zero-order chi connectivity index (χ0) is 17.4. The van der Waals surface area contributed by atoms with Crippen LogP contribution in [0.4, 0.5) is 4.79 Å². The predicted molar refractivity (Wildman–Crippen MR) is 90.2 cm³/mol. The third-order valence-corrected chi connectivity index (χ3v) is 4.13. The van der Waals surface area contributed by atoms with Crippen LogP contribution >= 0.6 is 15.9 Å². The van der Waals surface area contributed by atoms with Crippen molar-refractivity contribution < 1.29 is 14.6 Å². The number of nitrogens with zero attached hydrogens (tertiary/aromatic N) is 4. The van der Waals surface area contributed by atoms with Crippen LogP contribution in [0.25, 0.3) is 0 Å². The van der Waals surface area contributed by atoms with Gasteiger partial charge in [0.2, 0.25) is 0 Å². The molecule has 1 N–H and O–H groups in total. The van der Waals surface area contributed by atoms with Gasteiger partial charge in [-0.1, -0.05) is 0 Å². The fraction of sp³-hybridized carbons (Fsp3) is 0.733. The summed E-state index contributed by atoms with van der Waals surface area (Å²) in [7, 11) is 3.97. The van der Waals surface area contributed by atoms with Crippen molar-refractivity contribution in [2.45, 2.75) is 38.5 Å². The normalized spacial score (nSPS) is 17.3. The second kappa shape index (κ2) is 6.41. The molecule has 2 rings (SSSR count). The summed E-state index contributed by atoms with van der Waals surface area (Å²) in [6, 6.07) is 0. The molecule has 0 radical (unpaired) electrons. The minimum Gasteiger partial charge on any atom is -0.444 e. The molecule has 0 saturated carbocycles. The third kappa shape index (κ3) is 4.24. The first kappa shape index (κ1) is 18.2. The zero-order valence-corrected chi connectivity index (χ0v) is 15.9. The number of likely N-dealkylation sites (tertiary alicyclic amines) is 1. The first-order chi connectivity index (χ1) is 10.5. The topological polar surface area (TPSA) is 70.8 Å². The molecular weight excluding hydrogens is 364 g/mol. The lowest BCUT2D eigenvalue weighted by Crippen LogP contribution is -2.62. The number of halogens is 1. The molecule has 0 bridgehead atoms. The fourth-order valence-corrected chi connectivity index (χ4v) is 3.15. The molecule has 0 aromatic carbocycles. The number of likely N-dealkylation sites (N-methyl/N-ethyl adjacent to an activating group) is 1. The Morgan fingerprint density at radius 3 is 2.61 bits per heavy atom. The predicted octanol–water partition coefficient (Wildman–Crippen LogP) is 1.65. The summed E-state index contributed by atoms with van der Waals surface area (Å²) in [4.78, 5) is 15.6. The maximum absolute atomic E-state index is 12.0. The van der Waals surface area contributed by atoms with Gasteiger partial charge in [-0.2, -0.15) is 5.10 Å². The number of β-amino-alcohol motifs (C(OH)–C–C–N with tert-alkyl or cyclic N) is 1. The van der Waals surface area contributed by atoms with Crippen LogP contribution in [0.1, 0.15) is 26.5 Å². The molecule has 1 fully saturated rings. The molecule has 1 aliphatic heterocycles. The van der Waals surface area contributed by atoms with Gasteiger partial charge in [0.05, 0.1) is 36.0 Å². The highest BCUT2D eigenvalue weighted by molar-refractivity contribution is 9.10. The molecule has 1 amide bonds. The van der Waals surface area contributed by atoms with Gasteiger partial charge in [-0.15, -0.1) is 0 Å². The number of carbonyl (C=O) groups is 1. The number of ether oxygens (including phenoxy) is 1. The fourth-order valence-electron chi connectivity index (χ4n) is 2.48. The monoisotopic (exact) mass is 388 g/mol. The average molecular weight is 389 g/mol. The van der Waals surface area contributed by atoms with Gasteiger partial charge in [-0.05, 0) is 50.8 Å². The Morgan fingerprint density at radius 1 is 1.48 bits per heavy atom. The van der Waals surface area contributed by atoms with Crippen molar-refractivity contribution in [1.82, 2.24) is 19.6 Å². The number of hydrogen-bond donors (Lipinski definition) is 1. The van der Waals surface area contributed by atoms with E-state index >= 15 is 0 Å². The molecule has 0 unspecified atom stereocenters. The Balaban J connectivity index is 2.06. The third-order valence-electron chi connectivity index (χ3n) is 3.55. The van der Waals surface area contributed by atoms with Gasteiger partial charge in [0.1, 0.15) is 11.2 Å². The Kier molecular flexibility index (Phi) is 5.08. The van der Waals surface area contributed by atoms with Crippen molar-refractivity contribution in [3.8, 4) is 0 Å². The van der Waals surface area contributed by atoms with Crippen LogP contribution < -0.4 is 0 Å². The van der Waals surface area contributed by atoms with Gasteiger partial charge in [-0.25, -0.2) is 4.79 Å². The van der Waals surface area contributed by atoms with E-state index in [-0.39, 0.29) is 13.1 Å². The minimum atomic E-state index is -1.10. The molecule has 1 saturated heterocycles. The average Bonchev–Trinajstić information content (AvgIpc) is 2.72. The Morgan fingerprint density at radius 2 is 2.09 bits per heavy atom. The summed E-state index contributed by atoms with van der Waals surface area (Å²) < 4.78 is 7.87. The Bertz CT molecular complexity index is 574. The Hall–Kier alpha value is -1.12. The molecule has 0 atom stereocenters. The highest BCUT2D eigenvalue weighted by Crippen LogP contribution is 2.36. The van der Waals surface area contributed by atoms with Crippen molar-refractivity contribution in [1.29, 1.82) is 0 Å². The summed E-state index contributed by atoms with van der Waals surface area (Å²) in [6.07, 6.45) is 1.27. The number of aromatic nitrogens is 2. The second-order valence-electron chi connectivity index (χ2n) is 7.24. The summed E-state index contributed by atoms with van der Waals surface area (Å²) >= 11 is 3.45. The van der Waals surface area contributed by atoms with Crippen molar-refractivity contribution >= 4 is 22.0 Å². The highest BCUT2D eigenvalue weighted by Gasteiger charge is 2.49. The van der Waals surface area contributed by atoms with Crippen LogP contribution in [0.15, 0.2) is 10.7 Å². The van der Waals surface area contributed by atoms with Crippen molar-refractivity contribution in [2.75, 3.05) is 33.7 Å². The minimum absolute atomic E-state index is 0.203. The van der Waals surface area contributed by atoms with Gasteiger partial charge in [0, 0.05) is 6.54 Å². The van der Waals surface area contributed by atoms with E-state index in [1.54, 1.807) is 10.9 Å². The largest absolute Gasteiger partial charge is 0.444 e. The first-order valence-corrected chi connectivity index (χ1v) is 8.38. The molecule has 8 heteroatoms. The number of hydrogen-bond acceptors (Lipinski definition) is 5. The van der Waals surface area contributed by atoms with E-state index in [9.17, 15) is 9.90 Å². The van der Waals surface area contributed by atoms with Gasteiger partial charge in [0.15, 0.2) is 0 Å². The van der Waals surface area contributed by atoms with E-state index in [4.69, 9.17) is 4.74 Å². The molecule has 0 spiro atoms. The smallest absolute Gasteiger partial charge is 0.410 e. The van der Waals surface area contributed by atoms with Gasteiger partial charge in [0.25, 0.3) is 0 Å². The van der Waals surface area contributed by atoms with Crippen molar-refractivity contribution in [3.05, 3.63) is 16.4 Å². The van der Waals surface area contributed by atoms with Crippen LogP contribution in [0.2, 0.25) is 0 Å². The molecule has 1 aromatic rings. The maximum atomic E-state index is 12.0. The Labute approximate surface area is 145 Å². The van der Waals surface area contributed by atoms with Gasteiger partial charge < -0.3 is 19.6 Å². The molecular formula is C15H25BrN4O3. The van der Waals surface area contributed by atoms with Gasteiger partial charge >= 0.3 is 6.09 Å². The van der Waals surface area contributed by atoms with Crippen LogP contribution in [0.5, 0.6) is 0 Å². The van der Waals surface area contributed by atoms with Crippen LogP contribution in [-0.4, -0.2) is 70.1 Å². The van der Waals surface area contributed by atoms with E-state index in [0.717, 1.165) is 11.0 Å². The number of aliphatic hydroxyl groups is 1. The molecule has 2 heterocycles. The number of rotatable bonds is 4. The summed E-state index contributed by atoms with van der Waals surface area (Å²) in [5.41, 5.74) is -0.934. The van der Waals surface area contributed by atoms with E-state index in [2.05, 4.69) is 25.9 Å². The van der Waals surface area contributed by atoms with Gasteiger partial charge in [-0.3, -0.25) is 4.68 Å². The molecule has 130 valence electrons. The molecule has 1 aliphatic rings. The van der Waals surface area contributed by atoms with Crippen LogP contribution in [-0.2, 0) is 16.9 Å². The first-order valence-electron chi connectivity index (χ1n) is 7.59. The van der Waals surface area contributed by atoms with Crippen molar-refractivity contribution in [2.24, 2.45) is 0 Å². The summed E-state index contributed by atoms with van der Waals surface area (Å²) in [5, 5.41) is 15.2. The standard InChI is InChI=1S/C15H25BrN4O3/c1-14(2,3)23-13(21)19-9-15(22,10-19)12-11(16)8-17-20(12)7-6-18(4)5/h8,22H,6-7,9-10H2,1-5H3. The summed E-state index contributed by atoms with van der Waals surface area (Å²) in [5.74, 6) is 0. The lowest BCUT2D eigenvalue weighted by atomic mass is 9.90. The molecule has 1 aromatic heterocycles. The maximum Gasteiger partial charge on any atom is 0.410 e. The second-order valence-corrected chi connectivity index (χ2v) is 8.09. The van der Waals surface area contributed by atoms with E-state index < -0.39 is 17.3 Å². The lowest BCUT2D eigenvalue weighted by Gasteiger charge is -2.46. The quantitative estimate of drug-likeness (QED) is 0.848. The summed E-state index contributed by atoms with van der Waals surface area (Å²) in [6.45, 7) is 7.36. The van der Waals surface area contributed by atoms with Crippen LogP contribution in [0.3, 0.4) is 0 Å². The number of amides is 1. The SMILES string of the molecule is CN(C)CCn1ncc(Br)c1C1(O)CN(C(=O)OC(C)(C)C)C1. The molecule has 7 nitrogen and oxygen atoms in total. The lowest BCUT2D eigenvalue weighted by molar-refractivity contribution is -0.108. The zero-order valence-electron chi connectivity index (χ0n) is 14.3. The van der Waals surface area contributed by atoms with Crippen LogP contribution in [0, 0.1) is 0 Å². The molecule has 23 heavy (non-hydrogen) atoms. The molecule has 0 aliphatic carbocycles. The van der Waals surface area contributed by atoms with E-state index in [1.807, 2.05) is 34.9 Å². The highest BCUT2D eigenvalue weighted by atomic mass is 79.9.